The molecule has 88 valence electrons. The second-order valence-electron chi connectivity index (χ2n) is 3.81. The zero-order valence-corrected chi connectivity index (χ0v) is 9.57. The van der Waals surface area contributed by atoms with Gasteiger partial charge >= 0.3 is 13.5 Å². The molecule has 1 aromatic heterocycles. The molecule has 1 heterocycles. The number of aromatic amines is 1. The van der Waals surface area contributed by atoms with E-state index >= 15 is 0 Å². The minimum Gasteiger partial charge on any atom is -0.508 e. The number of aryl methyl sites for hydroxylation is 1. The molecule has 0 fully saturated rings. The van der Waals surface area contributed by atoms with Gasteiger partial charge in [0.05, 0.1) is 7.11 Å². The predicted octanol–water partition coefficient (Wildman–Crippen LogP) is -0.0624. The molecule has 17 heavy (non-hydrogen) atoms. The number of phenols is 1. The number of hydrogen-bond donors (Lipinski definition) is 3. The SMILES string of the molecule is COC(=O)c1cc2c(O)c(BO)c(C)cc2[nH]1. The van der Waals surface area contributed by atoms with Crippen LogP contribution in [0.1, 0.15) is 16.1 Å². The van der Waals surface area contributed by atoms with Crippen LogP contribution in [-0.2, 0) is 4.74 Å². The maximum atomic E-state index is 11.3. The Morgan fingerprint density at radius 2 is 2.18 bits per heavy atom. The molecule has 0 spiro atoms. The number of nitrogens with one attached hydrogen (secondary N) is 1. The molecule has 0 aliphatic heterocycles. The first-order valence-corrected chi connectivity index (χ1v) is 5.11. The summed E-state index contributed by atoms with van der Waals surface area (Å²) in [6.07, 6.45) is 0. The van der Waals surface area contributed by atoms with Crippen molar-refractivity contribution in [2.24, 2.45) is 0 Å². The van der Waals surface area contributed by atoms with Crippen LogP contribution >= 0.6 is 0 Å². The lowest BCUT2D eigenvalue weighted by atomic mass is 9.83. The molecule has 0 radical (unpaired) electrons. The van der Waals surface area contributed by atoms with Gasteiger partial charge in [-0.1, -0.05) is 0 Å². The normalized spacial score (nSPS) is 10.5. The molecular weight excluding hydrogens is 221 g/mol. The molecule has 0 aliphatic rings. The number of fused-ring (bicyclic) bond motifs is 1. The Hall–Kier alpha value is -1.95. The molecule has 2 aromatic rings. The van der Waals surface area contributed by atoms with Gasteiger partial charge in [-0.25, -0.2) is 4.79 Å². The minimum absolute atomic E-state index is 0.00565. The molecule has 3 N–H and O–H groups in total. The van der Waals surface area contributed by atoms with Crippen LogP contribution in [0, 0.1) is 6.92 Å². The third-order valence-corrected chi connectivity index (χ3v) is 2.79. The summed E-state index contributed by atoms with van der Waals surface area (Å²) in [6.45, 7) is 1.78. The average Bonchev–Trinajstić information content (AvgIpc) is 2.72. The molecule has 0 saturated carbocycles. The van der Waals surface area contributed by atoms with Crippen LogP contribution in [0.4, 0.5) is 0 Å². The number of esters is 1. The van der Waals surface area contributed by atoms with Gasteiger partial charge in [0.25, 0.3) is 0 Å². The van der Waals surface area contributed by atoms with Gasteiger partial charge in [0.15, 0.2) is 0 Å². The molecule has 5 nitrogen and oxygen atoms in total. The van der Waals surface area contributed by atoms with E-state index in [1.807, 2.05) is 0 Å². The molecule has 2 rings (SSSR count). The number of carbonyl (C=O) groups is 1. The summed E-state index contributed by atoms with van der Waals surface area (Å²) in [5.41, 5.74) is 2.13. The van der Waals surface area contributed by atoms with E-state index in [1.54, 1.807) is 13.0 Å². The summed E-state index contributed by atoms with van der Waals surface area (Å²) in [6, 6.07) is 3.28. The number of rotatable bonds is 2. The smallest absolute Gasteiger partial charge is 0.354 e. The average molecular weight is 233 g/mol. The first-order chi connectivity index (χ1) is 8.08. The monoisotopic (exact) mass is 233 g/mol. The van der Waals surface area contributed by atoms with Gasteiger partial charge < -0.3 is 19.9 Å². The summed E-state index contributed by atoms with van der Waals surface area (Å²) in [7, 11) is 1.05. The number of benzene rings is 1. The van der Waals surface area contributed by atoms with Gasteiger partial charge in [0, 0.05) is 10.9 Å². The fourth-order valence-electron chi connectivity index (χ4n) is 1.85. The van der Waals surface area contributed by atoms with E-state index < -0.39 is 5.97 Å². The van der Waals surface area contributed by atoms with Gasteiger partial charge in [-0.15, -0.1) is 0 Å². The lowest BCUT2D eigenvalue weighted by molar-refractivity contribution is 0.0595. The van der Waals surface area contributed by atoms with Crippen molar-refractivity contribution >= 4 is 29.8 Å². The number of aromatic hydroxyl groups is 1. The molecule has 1 aromatic carbocycles. The van der Waals surface area contributed by atoms with Crippen molar-refractivity contribution in [3.05, 3.63) is 23.4 Å². The molecule has 0 unspecified atom stereocenters. The van der Waals surface area contributed by atoms with Crippen molar-refractivity contribution in [2.75, 3.05) is 7.11 Å². The van der Waals surface area contributed by atoms with Crippen LogP contribution in [-0.4, -0.2) is 35.7 Å². The summed E-state index contributed by atoms with van der Waals surface area (Å²) in [5, 5.41) is 19.6. The Bertz CT molecular complexity index is 591. The van der Waals surface area contributed by atoms with Crippen LogP contribution in [0.3, 0.4) is 0 Å². The molecule has 0 saturated heterocycles. The summed E-state index contributed by atoms with van der Waals surface area (Å²) < 4.78 is 4.59. The Labute approximate surface area is 98.3 Å². The van der Waals surface area contributed by atoms with Gasteiger partial charge in [-0.3, -0.25) is 0 Å². The lowest BCUT2D eigenvalue weighted by Gasteiger charge is -2.05. The molecule has 0 amide bonds. The number of H-pyrrole nitrogens is 1. The highest BCUT2D eigenvalue weighted by Crippen LogP contribution is 2.25. The van der Waals surface area contributed by atoms with Crippen molar-refractivity contribution in [3.8, 4) is 5.75 Å². The summed E-state index contributed by atoms with van der Waals surface area (Å²) >= 11 is 0. The predicted molar refractivity (Wildman–Crippen MR) is 65.0 cm³/mol. The topological polar surface area (TPSA) is 82.6 Å². The number of hydrogen-bond acceptors (Lipinski definition) is 4. The van der Waals surface area contributed by atoms with Crippen LogP contribution in [0.25, 0.3) is 10.9 Å². The number of methoxy groups -OCH3 is 1. The standard InChI is InChI=1S/C11H12BNO4/c1-5-3-7-6(10(14)9(5)12-16)4-8(13-7)11(15)17-2/h3-4,12-14,16H,1-2H3. The lowest BCUT2D eigenvalue weighted by Crippen LogP contribution is -2.17. The number of phenolic OH excluding ortho intramolecular Hbond substituents is 1. The second kappa shape index (κ2) is 4.14. The van der Waals surface area contributed by atoms with Crippen molar-refractivity contribution in [1.82, 2.24) is 4.98 Å². The van der Waals surface area contributed by atoms with Gasteiger partial charge in [0.1, 0.15) is 11.4 Å². The van der Waals surface area contributed by atoms with Crippen molar-refractivity contribution in [2.45, 2.75) is 6.92 Å². The quantitative estimate of drug-likeness (QED) is 0.501. The Kier molecular flexibility index (Phi) is 2.81. The van der Waals surface area contributed by atoms with Gasteiger partial charge in [-0.05, 0) is 30.1 Å². The van der Waals surface area contributed by atoms with Crippen LogP contribution in [0.2, 0.25) is 0 Å². The van der Waals surface area contributed by atoms with Crippen LogP contribution in [0.15, 0.2) is 12.1 Å². The van der Waals surface area contributed by atoms with Gasteiger partial charge in [0.2, 0.25) is 0 Å². The fraction of sp³-hybridized carbons (Fsp3) is 0.182. The fourth-order valence-corrected chi connectivity index (χ4v) is 1.85. The Morgan fingerprint density at radius 3 is 2.76 bits per heavy atom. The largest absolute Gasteiger partial charge is 0.508 e. The minimum atomic E-state index is -0.496. The van der Waals surface area contributed by atoms with Crippen LogP contribution in [0.5, 0.6) is 5.75 Å². The van der Waals surface area contributed by atoms with E-state index in [0.717, 1.165) is 5.56 Å². The van der Waals surface area contributed by atoms with Crippen molar-refractivity contribution < 1.29 is 19.7 Å². The Morgan fingerprint density at radius 1 is 1.47 bits per heavy atom. The van der Waals surface area contributed by atoms with Crippen molar-refractivity contribution in [1.29, 1.82) is 0 Å². The number of carbonyl (C=O) groups excluding carboxylic acids is 1. The maximum Gasteiger partial charge on any atom is 0.354 e. The van der Waals surface area contributed by atoms with E-state index in [-0.39, 0.29) is 18.9 Å². The third-order valence-electron chi connectivity index (χ3n) is 2.79. The first kappa shape index (κ1) is 11.5. The van der Waals surface area contributed by atoms with E-state index in [2.05, 4.69) is 9.72 Å². The third kappa shape index (κ3) is 1.76. The highest BCUT2D eigenvalue weighted by Gasteiger charge is 2.15. The maximum absolute atomic E-state index is 11.3. The molecule has 6 heteroatoms. The summed E-state index contributed by atoms with van der Waals surface area (Å²) in [5.74, 6) is -0.502. The van der Waals surface area contributed by atoms with E-state index in [9.17, 15) is 9.90 Å². The van der Waals surface area contributed by atoms with Crippen LogP contribution < -0.4 is 5.46 Å². The molecule has 0 atom stereocenters. The molecule has 0 bridgehead atoms. The second-order valence-corrected chi connectivity index (χ2v) is 3.81. The highest BCUT2D eigenvalue weighted by molar-refractivity contribution is 6.48. The number of aromatic nitrogens is 1. The molecule has 0 aliphatic carbocycles. The number of ether oxygens (including phenoxy) is 1. The zero-order valence-electron chi connectivity index (χ0n) is 9.57. The van der Waals surface area contributed by atoms with E-state index in [4.69, 9.17) is 5.02 Å². The highest BCUT2D eigenvalue weighted by atomic mass is 16.5. The Balaban J connectivity index is 2.69. The first-order valence-electron chi connectivity index (χ1n) is 5.11. The van der Waals surface area contributed by atoms with E-state index in [0.29, 0.717) is 16.4 Å². The zero-order chi connectivity index (χ0) is 12.6. The van der Waals surface area contributed by atoms with Crippen molar-refractivity contribution in [3.63, 3.8) is 0 Å². The summed E-state index contributed by atoms with van der Waals surface area (Å²) in [4.78, 5) is 14.2. The van der Waals surface area contributed by atoms with E-state index in [1.165, 1.54) is 13.2 Å². The molecular formula is C11H12BNO4. The van der Waals surface area contributed by atoms with Gasteiger partial charge in [-0.2, -0.15) is 0 Å².